The van der Waals surface area contributed by atoms with Crippen molar-refractivity contribution in [1.29, 1.82) is 0 Å². The molecule has 1 fully saturated rings. The molecular formula is C12H14N2OS. The van der Waals surface area contributed by atoms with Crippen LogP contribution in [0.4, 0.5) is 5.13 Å². The highest BCUT2D eigenvalue weighted by atomic mass is 32.1. The Morgan fingerprint density at radius 2 is 2.12 bits per heavy atom. The van der Waals surface area contributed by atoms with Gasteiger partial charge in [0, 0.05) is 13.1 Å². The lowest BCUT2D eigenvalue weighted by Gasteiger charge is -2.25. The number of nitrogens with zero attached hydrogens (tertiary/aromatic N) is 2. The summed E-state index contributed by atoms with van der Waals surface area (Å²) in [6, 6.07) is 6.36. The molecule has 0 bridgehead atoms. The molecule has 1 aliphatic heterocycles. The Morgan fingerprint density at radius 1 is 1.31 bits per heavy atom. The number of benzene rings is 1. The van der Waals surface area contributed by atoms with Crippen molar-refractivity contribution in [2.24, 2.45) is 0 Å². The number of aromatic nitrogens is 1. The summed E-state index contributed by atoms with van der Waals surface area (Å²) < 4.78 is 6.63. The zero-order chi connectivity index (χ0) is 11.0. The zero-order valence-corrected chi connectivity index (χ0v) is 10.1. The number of morpholine rings is 1. The van der Waals surface area contributed by atoms with E-state index in [0.29, 0.717) is 0 Å². The van der Waals surface area contributed by atoms with Crippen LogP contribution in [0.25, 0.3) is 10.2 Å². The first-order chi connectivity index (χ1) is 7.84. The Morgan fingerprint density at radius 3 is 2.88 bits per heavy atom. The lowest BCUT2D eigenvalue weighted by atomic mass is 10.2. The van der Waals surface area contributed by atoms with Crippen molar-refractivity contribution >= 4 is 26.7 Å². The number of thiazole rings is 1. The molecule has 0 spiro atoms. The van der Waals surface area contributed by atoms with Gasteiger partial charge >= 0.3 is 0 Å². The lowest BCUT2D eigenvalue weighted by molar-refractivity contribution is 0.122. The molecule has 0 aliphatic carbocycles. The number of ether oxygens (including phenoxy) is 1. The Bertz CT molecular complexity index is 503. The molecule has 0 unspecified atom stereocenters. The second-order valence-corrected chi connectivity index (χ2v) is 5.03. The summed E-state index contributed by atoms with van der Waals surface area (Å²) in [5, 5.41) is 1.13. The van der Waals surface area contributed by atoms with E-state index in [1.54, 1.807) is 11.3 Å². The maximum absolute atomic E-state index is 5.35. The Hall–Kier alpha value is -1.13. The number of rotatable bonds is 1. The van der Waals surface area contributed by atoms with Gasteiger partial charge in [-0.1, -0.05) is 23.5 Å². The summed E-state index contributed by atoms with van der Waals surface area (Å²) in [6.07, 6.45) is 0. The summed E-state index contributed by atoms with van der Waals surface area (Å²) >= 11 is 1.78. The van der Waals surface area contributed by atoms with Gasteiger partial charge in [-0.05, 0) is 18.6 Å². The molecular weight excluding hydrogens is 220 g/mol. The van der Waals surface area contributed by atoms with Crippen LogP contribution in [0.15, 0.2) is 18.2 Å². The third-order valence-corrected chi connectivity index (χ3v) is 3.97. The fraction of sp³-hybridized carbons (Fsp3) is 0.417. The molecule has 0 atom stereocenters. The number of anilines is 1. The first kappa shape index (κ1) is 10.1. The van der Waals surface area contributed by atoms with Crippen LogP contribution in [0.3, 0.4) is 0 Å². The Kier molecular flexibility index (Phi) is 2.53. The number of fused-ring (bicyclic) bond motifs is 1. The van der Waals surface area contributed by atoms with Gasteiger partial charge in [0.2, 0.25) is 0 Å². The van der Waals surface area contributed by atoms with Crippen LogP contribution >= 0.6 is 11.3 Å². The maximum atomic E-state index is 5.35. The van der Waals surface area contributed by atoms with Crippen molar-refractivity contribution in [3.63, 3.8) is 0 Å². The predicted molar refractivity (Wildman–Crippen MR) is 67.4 cm³/mol. The molecule has 2 aromatic rings. The second-order valence-electron chi connectivity index (χ2n) is 4.02. The second kappa shape index (κ2) is 4.03. The zero-order valence-electron chi connectivity index (χ0n) is 9.27. The van der Waals surface area contributed by atoms with Gasteiger partial charge in [-0.25, -0.2) is 4.98 Å². The van der Waals surface area contributed by atoms with Crippen molar-refractivity contribution in [2.75, 3.05) is 31.2 Å². The van der Waals surface area contributed by atoms with E-state index < -0.39 is 0 Å². The molecule has 2 heterocycles. The van der Waals surface area contributed by atoms with E-state index in [2.05, 4.69) is 30.0 Å². The van der Waals surface area contributed by atoms with E-state index in [9.17, 15) is 0 Å². The van der Waals surface area contributed by atoms with Crippen LogP contribution in [0.2, 0.25) is 0 Å². The molecule has 1 saturated heterocycles. The highest BCUT2D eigenvalue weighted by molar-refractivity contribution is 7.22. The van der Waals surface area contributed by atoms with Crippen LogP contribution in [-0.2, 0) is 4.74 Å². The molecule has 84 valence electrons. The molecule has 1 aliphatic rings. The molecule has 3 nitrogen and oxygen atoms in total. The summed E-state index contributed by atoms with van der Waals surface area (Å²) in [5.41, 5.74) is 2.40. The van der Waals surface area contributed by atoms with E-state index in [1.807, 2.05) is 0 Å². The molecule has 0 radical (unpaired) electrons. The average Bonchev–Trinajstić information content (AvgIpc) is 2.76. The number of hydrogen-bond acceptors (Lipinski definition) is 4. The standard InChI is InChI=1S/C12H14N2OS/c1-9-3-2-4-10-11(9)13-12(16-10)14-5-7-15-8-6-14/h2-4H,5-8H2,1H3. The number of para-hydroxylation sites is 1. The van der Waals surface area contributed by atoms with Gasteiger partial charge in [-0.15, -0.1) is 0 Å². The quantitative estimate of drug-likeness (QED) is 0.758. The van der Waals surface area contributed by atoms with Gasteiger partial charge in [0.1, 0.15) is 0 Å². The van der Waals surface area contributed by atoms with Gasteiger partial charge < -0.3 is 9.64 Å². The van der Waals surface area contributed by atoms with E-state index in [4.69, 9.17) is 9.72 Å². The number of hydrogen-bond donors (Lipinski definition) is 0. The van der Waals surface area contributed by atoms with Gasteiger partial charge in [0.25, 0.3) is 0 Å². The topological polar surface area (TPSA) is 25.4 Å². The molecule has 0 amide bonds. The highest BCUT2D eigenvalue weighted by Crippen LogP contribution is 2.30. The average molecular weight is 234 g/mol. The first-order valence-corrected chi connectivity index (χ1v) is 6.35. The minimum atomic E-state index is 0.814. The fourth-order valence-electron chi connectivity index (χ4n) is 1.96. The largest absolute Gasteiger partial charge is 0.378 e. The fourth-order valence-corrected chi connectivity index (χ4v) is 3.06. The Labute approximate surface area is 98.7 Å². The molecule has 1 aromatic heterocycles. The smallest absolute Gasteiger partial charge is 0.186 e. The monoisotopic (exact) mass is 234 g/mol. The van der Waals surface area contributed by atoms with Crippen molar-refractivity contribution in [1.82, 2.24) is 4.98 Å². The van der Waals surface area contributed by atoms with E-state index >= 15 is 0 Å². The van der Waals surface area contributed by atoms with Crippen LogP contribution in [0.5, 0.6) is 0 Å². The van der Waals surface area contributed by atoms with Crippen molar-refractivity contribution in [3.8, 4) is 0 Å². The van der Waals surface area contributed by atoms with Gasteiger partial charge in [0.15, 0.2) is 5.13 Å². The molecule has 3 rings (SSSR count). The van der Waals surface area contributed by atoms with Crippen LogP contribution in [0, 0.1) is 6.92 Å². The predicted octanol–water partition coefficient (Wildman–Crippen LogP) is 2.44. The van der Waals surface area contributed by atoms with Gasteiger partial charge in [0.05, 0.1) is 23.4 Å². The van der Waals surface area contributed by atoms with Gasteiger partial charge in [-0.2, -0.15) is 0 Å². The van der Waals surface area contributed by atoms with E-state index in [1.165, 1.54) is 10.3 Å². The van der Waals surface area contributed by atoms with Gasteiger partial charge in [-0.3, -0.25) is 0 Å². The molecule has 16 heavy (non-hydrogen) atoms. The van der Waals surface area contributed by atoms with Crippen LogP contribution < -0.4 is 4.90 Å². The van der Waals surface area contributed by atoms with Crippen LogP contribution in [-0.4, -0.2) is 31.3 Å². The maximum Gasteiger partial charge on any atom is 0.186 e. The van der Waals surface area contributed by atoms with E-state index in [0.717, 1.165) is 37.0 Å². The lowest BCUT2D eigenvalue weighted by Crippen LogP contribution is -2.36. The minimum Gasteiger partial charge on any atom is -0.378 e. The Balaban J connectivity index is 2.01. The van der Waals surface area contributed by atoms with E-state index in [-0.39, 0.29) is 0 Å². The molecule has 0 N–H and O–H groups in total. The summed E-state index contributed by atoms with van der Waals surface area (Å²) in [4.78, 5) is 7.04. The first-order valence-electron chi connectivity index (χ1n) is 5.53. The van der Waals surface area contributed by atoms with Crippen LogP contribution in [0.1, 0.15) is 5.56 Å². The summed E-state index contributed by atoms with van der Waals surface area (Å²) in [5.74, 6) is 0. The third-order valence-electron chi connectivity index (χ3n) is 2.89. The molecule has 4 heteroatoms. The number of aryl methyl sites for hydroxylation is 1. The summed E-state index contributed by atoms with van der Waals surface area (Å²) in [7, 11) is 0. The van der Waals surface area contributed by atoms with Crippen molar-refractivity contribution in [2.45, 2.75) is 6.92 Å². The van der Waals surface area contributed by atoms with Crippen molar-refractivity contribution < 1.29 is 4.74 Å². The molecule has 1 aromatic carbocycles. The third kappa shape index (κ3) is 1.68. The van der Waals surface area contributed by atoms with Crippen molar-refractivity contribution in [3.05, 3.63) is 23.8 Å². The normalized spacial score (nSPS) is 16.9. The molecule has 0 saturated carbocycles. The SMILES string of the molecule is Cc1cccc2sc(N3CCOCC3)nc12. The highest BCUT2D eigenvalue weighted by Gasteiger charge is 2.15. The minimum absolute atomic E-state index is 0.814. The summed E-state index contributed by atoms with van der Waals surface area (Å²) in [6.45, 7) is 5.66.